The van der Waals surface area contributed by atoms with Gasteiger partial charge in [0.2, 0.25) is 5.91 Å². The molecule has 8 heteroatoms. The van der Waals surface area contributed by atoms with Crippen LogP contribution in [0.25, 0.3) is 10.7 Å². The fraction of sp³-hybridized carbons (Fsp3) is 0.562. The molecule has 1 amide bonds. The fourth-order valence-corrected chi connectivity index (χ4v) is 4.43. The molecule has 1 atom stereocenters. The van der Waals surface area contributed by atoms with Gasteiger partial charge in [0, 0.05) is 33.2 Å². The average Bonchev–Trinajstić information content (AvgIpc) is 3.25. The minimum Gasteiger partial charge on any atom is -0.339 e. The van der Waals surface area contributed by atoms with Crippen LogP contribution in [0, 0.1) is 0 Å². The molecule has 0 bridgehead atoms. The van der Waals surface area contributed by atoms with E-state index >= 15 is 0 Å². The minimum absolute atomic E-state index is 0.155. The van der Waals surface area contributed by atoms with Crippen molar-refractivity contribution in [2.24, 2.45) is 7.05 Å². The van der Waals surface area contributed by atoms with E-state index in [4.69, 9.17) is 0 Å². The minimum atomic E-state index is -0.155. The number of carbonyl (C=O) groups excluding carboxylic acids is 1. The quantitative estimate of drug-likeness (QED) is 0.760. The largest absolute Gasteiger partial charge is 0.339 e. The van der Waals surface area contributed by atoms with Crippen LogP contribution >= 0.6 is 23.1 Å². The van der Waals surface area contributed by atoms with Crippen molar-refractivity contribution >= 4 is 29.0 Å². The third kappa shape index (κ3) is 3.65. The maximum absolute atomic E-state index is 12.7. The Labute approximate surface area is 150 Å². The summed E-state index contributed by atoms with van der Waals surface area (Å²) in [4.78, 5) is 18.1. The molecule has 1 aliphatic heterocycles. The number of amides is 1. The Bertz CT molecular complexity index is 677. The van der Waals surface area contributed by atoms with Crippen LogP contribution in [0.15, 0.2) is 22.7 Å². The van der Waals surface area contributed by atoms with Gasteiger partial charge in [-0.1, -0.05) is 24.8 Å². The SMILES string of the molecule is CCN1CCN(C(=O)[C@H](C)Sc2nnc(-c3cccs3)n2C)CC1. The van der Waals surface area contributed by atoms with Crippen LogP contribution in [0.3, 0.4) is 0 Å². The number of hydrogen-bond donors (Lipinski definition) is 0. The van der Waals surface area contributed by atoms with Gasteiger partial charge < -0.3 is 14.4 Å². The summed E-state index contributed by atoms with van der Waals surface area (Å²) >= 11 is 3.13. The molecule has 0 spiro atoms. The predicted molar refractivity (Wildman–Crippen MR) is 98.3 cm³/mol. The molecule has 130 valence electrons. The maximum atomic E-state index is 12.7. The fourth-order valence-electron chi connectivity index (χ4n) is 2.79. The first-order valence-electron chi connectivity index (χ1n) is 8.21. The molecule has 2 aromatic heterocycles. The van der Waals surface area contributed by atoms with Gasteiger partial charge in [-0.2, -0.15) is 0 Å². The Morgan fingerprint density at radius 2 is 2.08 bits per heavy atom. The average molecular weight is 366 g/mol. The van der Waals surface area contributed by atoms with Crippen molar-refractivity contribution in [1.82, 2.24) is 24.6 Å². The van der Waals surface area contributed by atoms with Crippen molar-refractivity contribution in [3.05, 3.63) is 17.5 Å². The monoisotopic (exact) mass is 365 g/mol. The molecule has 3 heterocycles. The van der Waals surface area contributed by atoms with Gasteiger partial charge in [0.05, 0.1) is 10.1 Å². The standard InChI is InChI=1S/C16H23N5OS2/c1-4-20-7-9-21(10-8-20)15(22)12(2)24-16-18-17-14(19(16)3)13-6-5-11-23-13/h5-6,11-12H,4,7-10H2,1-3H3/t12-/m0/s1. The van der Waals surface area contributed by atoms with E-state index in [0.717, 1.165) is 48.6 Å². The molecule has 24 heavy (non-hydrogen) atoms. The second-order valence-electron chi connectivity index (χ2n) is 5.86. The number of nitrogens with zero attached hydrogens (tertiary/aromatic N) is 5. The number of thioether (sulfide) groups is 1. The van der Waals surface area contributed by atoms with Crippen molar-refractivity contribution < 1.29 is 4.79 Å². The number of aromatic nitrogens is 3. The zero-order chi connectivity index (χ0) is 17.1. The second kappa shape index (κ2) is 7.67. The molecule has 0 radical (unpaired) electrons. The summed E-state index contributed by atoms with van der Waals surface area (Å²) < 4.78 is 1.97. The van der Waals surface area contributed by atoms with Crippen LogP contribution in [0.5, 0.6) is 0 Å². The predicted octanol–water partition coefficient (Wildman–Crippen LogP) is 2.19. The normalized spacial score (nSPS) is 17.2. The Balaban J connectivity index is 1.63. The number of piperazine rings is 1. The number of carbonyl (C=O) groups is 1. The molecule has 0 saturated carbocycles. The summed E-state index contributed by atoms with van der Waals surface area (Å²) in [5.74, 6) is 1.04. The Hall–Kier alpha value is -1.38. The van der Waals surface area contributed by atoms with Crippen LogP contribution in [0.1, 0.15) is 13.8 Å². The van der Waals surface area contributed by atoms with Crippen LogP contribution in [0.2, 0.25) is 0 Å². The van der Waals surface area contributed by atoms with Crippen LogP contribution in [-0.4, -0.2) is 68.4 Å². The Morgan fingerprint density at radius 3 is 2.71 bits per heavy atom. The van der Waals surface area contributed by atoms with Gasteiger partial charge in [-0.25, -0.2) is 0 Å². The zero-order valence-corrected chi connectivity index (χ0v) is 15.9. The number of hydrogen-bond acceptors (Lipinski definition) is 6. The van der Waals surface area contributed by atoms with Gasteiger partial charge in [-0.3, -0.25) is 4.79 Å². The van der Waals surface area contributed by atoms with Gasteiger partial charge in [0.25, 0.3) is 0 Å². The van der Waals surface area contributed by atoms with E-state index in [1.807, 2.05) is 41.0 Å². The van der Waals surface area contributed by atoms with E-state index in [0.29, 0.717) is 0 Å². The molecule has 0 aliphatic carbocycles. The van der Waals surface area contributed by atoms with Gasteiger partial charge in [-0.15, -0.1) is 21.5 Å². The smallest absolute Gasteiger partial charge is 0.235 e. The van der Waals surface area contributed by atoms with Crippen molar-refractivity contribution in [3.8, 4) is 10.7 Å². The lowest BCUT2D eigenvalue weighted by molar-refractivity contribution is -0.132. The van der Waals surface area contributed by atoms with Crippen molar-refractivity contribution in [2.75, 3.05) is 32.7 Å². The topological polar surface area (TPSA) is 54.3 Å². The molecule has 0 N–H and O–H groups in total. The van der Waals surface area contributed by atoms with E-state index in [2.05, 4.69) is 22.0 Å². The van der Waals surface area contributed by atoms with Crippen molar-refractivity contribution in [1.29, 1.82) is 0 Å². The summed E-state index contributed by atoms with van der Waals surface area (Å²) in [7, 11) is 1.95. The molecular formula is C16H23N5OS2. The molecule has 1 saturated heterocycles. The van der Waals surface area contributed by atoms with Crippen molar-refractivity contribution in [2.45, 2.75) is 24.3 Å². The highest BCUT2D eigenvalue weighted by Crippen LogP contribution is 2.28. The van der Waals surface area contributed by atoms with Gasteiger partial charge in [-0.05, 0) is 24.9 Å². The van der Waals surface area contributed by atoms with E-state index < -0.39 is 0 Å². The van der Waals surface area contributed by atoms with E-state index in [9.17, 15) is 4.79 Å². The molecule has 6 nitrogen and oxygen atoms in total. The first-order chi connectivity index (χ1) is 11.6. The summed E-state index contributed by atoms with van der Waals surface area (Å²) in [6, 6.07) is 4.04. The summed E-state index contributed by atoms with van der Waals surface area (Å²) in [5.41, 5.74) is 0. The number of likely N-dealkylation sites (N-methyl/N-ethyl adjacent to an activating group) is 1. The highest BCUT2D eigenvalue weighted by atomic mass is 32.2. The van der Waals surface area contributed by atoms with E-state index in [-0.39, 0.29) is 11.2 Å². The van der Waals surface area contributed by atoms with Gasteiger partial charge in [0.15, 0.2) is 11.0 Å². The van der Waals surface area contributed by atoms with E-state index in [1.165, 1.54) is 11.8 Å². The number of thiophene rings is 1. The first kappa shape index (κ1) is 17.4. The molecule has 0 unspecified atom stereocenters. The highest BCUT2D eigenvalue weighted by Gasteiger charge is 2.26. The lowest BCUT2D eigenvalue weighted by atomic mass is 10.3. The molecule has 0 aromatic carbocycles. The molecule has 1 aliphatic rings. The molecule has 1 fully saturated rings. The van der Waals surface area contributed by atoms with Crippen LogP contribution in [0.4, 0.5) is 0 Å². The van der Waals surface area contributed by atoms with Gasteiger partial charge in [0.1, 0.15) is 0 Å². The van der Waals surface area contributed by atoms with Gasteiger partial charge >= 0.3 is 0 Å². The van der Waals surface area contributed by atoms with Crippen LogP contribution < -0.4 is 0 Å². The van der Waals surface area contributed by atoms with E-state index in [1.54, 1.807) is 11.3 Å². The molecule has 2 aromatic rings. The van der Waals surface area contributed by atoms with Crippen molar-refractivity contribution in [3.63, 3.8) is 0 Å². The Morgan fingerprint density at radius 1 is 1.33 bits per heavy atom. The highest BCUT2D eigenvalue weighted by molar-refractivity contribution is 8.00. The maximum Gasteiger partial charge on any atom is 0.235 e. The summed E-state index contributed by atoms with van der Waals surface area (Å²) in [6.07, 6.45) is 0. The number of rotatable bonds is 5. The lowest BCUT2D eigenvalue weighted by Crippen LogP contribution is -2.50. The molecular weight excluding hydrogens is 342 g/mol. The van der Waals surface area contributed by atoms with Crippen LogP contribution in [-0.2, 0) is 11.8 Å². The summed E-state index contributed by atoms with van der Waals surface area (Å²) in [6.45, 7) is 8.73. The Kier molecular flexibility index (Phi) is 5.57. The second-order valence-corrected chi connectivity index (χ2v) is 8.12. The third-order valence-corrected chi connectivity index (χ3v) is 6.32. The molecule has 3 rings (SSSR count). The lowest BCUT2D eigenvalue weighted by Gasteiger charge is -2.35. The first-order valence-corrected chi connectivity index (χ1v) is 9.97. The third-order valence-electron chi connectivity index (χ3n) is 4.34. The summed E-state index contributed by atoms with van der Waals surface area (Å²) in [5, 5.41) is 11.2. The zero-order valence-electron chi connectivity index (χ0n) is 14.3.